The van der Waals surface area contributed by atoms with Gasteiger partial charge in [0.25, 0.3) is 0 Å². The minimum Gasteiger partial charge on any atom is -0.327 e. The van der Waals surface area contributed by atoms with Gasteiger partial charge in [-0.15, -0.1) is 0 Å². The van der Waals surface area contributed by atoms with Gasteiger partial charge in [-0.05, 0) is 26.3 Å². The monoisotopic (exact) mass is 192 g/mol. The molecule has 0 aliphatic rings. The molecule has 1 aromatic carbocycles. The predicted octanol–water partition coefficient (Wildman–Crippen LogP) is 1.99. The fraction of sp³-hybridized carbons (Fsp3) is 0.500. The van der Waals surface area contributed by atoms with Crippen LogP contribution in [0.4, 0.5) is 0 Å². The van der Waals surface area contributed by atoms with E-state index >= 15 is 0 Å². The number of benzene rings is 1. The highest BCUT2D eigenvalue weighted by molar-refractivity contribution is 5.23. The highest BCUT2D eigenvalue weighted by Crippen LogP contribution is 2.12. The van der Waals surface area contributed by atoms with Crippen molar-refractivity contribution in [3.63, 3.8) is 0 Å². The molecule has 0 amide bonds. The van der Waals surface area contributed by atoms with E-state index in [2.05, 4.69) is 43.4 Å². The van der Waals surface area contributed by atoms with E-state index in [1.807, 2.05) is 6.92 Å². The number of nitrogens with one attached hydrogen (secondary N) is 1. The first kappa shape index (κ1) is 11.2. The molecule has 78 valence electrons. The Morgan fingerprint density at radius 2 is 1.79 bits per heavy atom. The standard InChI is InChI=1S/C12H20N2/c1-9-4-6-12(7-5-9)11(3)14-8-10(2)13/h4-7,10-11,14H,8,13H2,1-3H3. The molecule has 0 saturated carbocycles. The Bertz CT molecular complexity index is 264. The molecule has 2 heteroatoms. The second-order valence-corrected chi connectivity index (χ2v) is 4.02. The lowest BCUT2D eigenvalue weighted by Crippen LogP contribution is -2.32. The van der Waals surface area contributed by atoms with E-state index in [1.54, 1.807) is 0 Å². The molecule has 0 heterocycles. The first-order valence-corrected chi connectivity index (χ1v) is 5.15. The van der Waals surface area contributed by atoms with Gasteiger partial charge in [0.15, 0.2) is 0 Å². The predicted molar refractivity (Wildman–Crippen MR) is 61.2 cm³/mol. The molecule has 1 rings (SSSR count). The molecule has 2 nitrogen and oxygen atoms in total. The SMILES string of the molecule is Cc1ccc(C(C)NCC(C)N)cc1. The van der Waals surface area contributed by atoms with Crippen LogP contribution < -0.4 is 11.1 Å². The van der Waals surface area contributed by atoms with Gasteiger partial charge in [0.05, 0.1) is 0 Å². The fourth-order valence-electron chi connectivity index (χ4n) is 1.34. The smallest absolute Gasteiger partial charge is 0.0292 e. The third kappa shape index (κ3) is 3.48. The number of aryl methyl sites for hydroxylation is 1. The van der Waals surface area contributed by atoms with Crippen molar-refractivity contribution in [1.29, 1.82) is 0 Å². The molecule has 2 unspecified atom stereocenters. The van der Waals surface area contributed by atoms with Crippen LogP contribution in [-0.2, 0) is 0 Å². The van der Waals surface area contributed by atoms with Crippen molar-refractivity contribution in [1.82, 2.24) is 5.32 Å². The summed E-state index contributed by atoms with van der Waals surface area (Å²) in [5.41, 5.74) is 8.30. The Kier molecular flexibility index (Phi) is 4.11. The van der Waals surface area contributed by atoms with E-state index in [0.29, 0.717) is 6.04 Å². The minimum absolute atomic E-state index is 0.211. The van der Waals surface area contributed by atoms with E-state index in [0.717, 1.165) is 6.54 Å². The Labute approximate surface area is 86.5 Å². The van der Waals surface area contributed by atoms with Crippen molar-refractivity contribution >= 4 is 0 Å². The first-order chi connectivity index (χ1) is 6.59. The van der Waals surface area contributed by atoms with E-state index < -0.39 is 0 Å². The average Bonchev–Trinajstić information content (AvgIpc) is 2.15. The zero-order valence-electron chi connectivity index (χ0n) is 9.25. The Balaban J connectivity index is 2.52. The summed E-state index contributed by atoms with van der Waals surface area (Å²) in [6.07, 6.45) is 0. The summed E-state index contributed by atoms with van der Waals surface area (Å²) in [4.78, 5) is 0. The van der Waals surface area contributed by atoms with Crippen molar-refractivity contribution in [2.24, 2.45) is 5.73 Å². The van der Waals surface area contributed by atoms with Gasteiger partial charge in [-0.1, -0.05) is 29.8 Å². The minimum atomic E-state index is 0.211. The molecule has 0 aliphatic heterocycles. The fourth-order valence-corrected chi connectivity index (χ4v) is 1.34. The molecule has 0 bridgehead atoms. The van der Waals surface area contributed by atoms with Crippen molar-refractivity contribution in [3.8, 4) is 0 Å². The van der Waals surface area contributed by atoms with Crippen LogP contribution >= 0.6 is 0 Å². The topological polar surface area (TPSA) is 38.0 Å². The van der Waals surface area contributed by atoms with Crippen LogP contribution in [0.1, 0.15) is 31.0 Å². The zero-order chi connectivity index (χ0) is 10.6. The van der Waals surface area contributed by atoms with Gasteiger partial charge in [0, 0.05) is 18.6 Å². The third-order valence-electron chi connectivity index (χ3n) is 2.32. The van der Waals surface area contributed by atoms with Crippen LogP contribution in [0.15, 0.2) is 24.3 Å². The number of hydrogen-bond donors (Lipinski definition) is 2. The summed E-state index contributed by atoms with van der Waals surface area (Å²) < 4.78 is 0. The quantitative estimate of drug-likeness (QED) is 0.765. The molecule has 0 saturated heterocycles. The molecule has 0 spiro atoms. The van der Waals surface area contributed by atoms with Gasteiger partial charge >= 0.3 is 0 Å². The highest BCUT2D eigenvalue weighted by Gasteiger charge is 2.04. The molecule has 0 fully saturated rings. The van der Waals surface area contributed by atoms with Crippen molar-refractivity contribution in [3.05, 3.63) is 35.4 Å². The van der Waals surface area contributed by atoms with Gasteiger partial charge in [-0.25, -0.2) is 0 Å². The van der Waals surface area contributed by atoms with Crippen LogP contribution in [0, 0.1) is 6.92 Å². The largest absolute Gasteiger partial charge is 0.327 e. The molecular formula is C12H20N2. The molecule has 3 N–H and O–H groups in total. The maximum Gasteiger partial charge on any atom is 0.0292 e. The first-order valence-electron chi connectivity index (χ1n) is 5.15. The average molecular weight is 192 g/mol. The maximum atomic E-state index is 5.68. The van der Waals surface area contributed by atoms with Crippen LogP contribution in [-0.4, -0.2) is 12.6 Å². The molecule has 1 aromatic rings. The summed E-state index contributed by atoms with van der Waals surface area (Å²) in [6.45, 7) is 7.13. The lowest BCUT2D eigenvalue weighted by Gasteiger charge is -2.15. The van der Waals surface area contributed by atoms with E-state index in [9.17, 15) is 0 Å². The maximum absolute atomic E-state index is 5.68. The van der Waals surface area contributed by atoms with E-state index in [4.69, 9.17) is 5.73 Å². The van der Waals surface area contributed by atoms with Gasteiger partial charge in [0.1, 0.15) is 0 Å². The Morgan fingerprint density at radius 3 is 2.29 bits per heavy atom. The van der Waals surface area contributed by atoms with E-state index in [1.165, 1.54) is 11.1 Å². The normalized spacial score (nSPS) is 15.1. The van der Waals surface area contributed by atoms with Gasteiger partial charge in [-0.2, -0.15) is 0 Å². The molecule has 14 heavy (non-hydrogen) atoms. The van der Waals surface area contributed by atoms with Crippen molar-refractivity contribution in [2.75, 3.05) is 6.54 Å². The van der Waals surface area contributed by atoms with Crippen LogP contribution in [0.2, 0.25) is 0 Å². The molecule has 0 aromatic heterocycles. The third-order valence-corrected chi connectivity index (χ3v) is 2.32. The summed E-state index contributed by atoms with van der Waals surface area (Å²) in [5.74, 6) is 0. The zero-order valence-corrected chi connectivity index (χ0v) is 9.25. The summed E-state index contributed by atoms with van der Waals surface area (Å²) >= 11 is 0. The molecule has 2 atom stereocenters. The lowest BCUT2D eigenvalue weighted by molar-refractivity contribution is 0.534. The van der Waals surface area contributed by atoms with Crippen LogP contribution in [0.25, 0.3) is 0 Å². The van der Waals surface area contributed by atoms with Crippen molar-refractivity contribution in [2.45, 2.75) is 32.9 Å². The number of rotatable bonds is 4. The lowest BCUT2D eigenvalue weighted by atomic mass is 10.1. The summed E-state index contributed by atoms with van der Waals surface area (Å²) in [7, 11) is 0. The summed E-state index contributed by atoms with van der Waals surface area (Å²) in [6, 6.07) is 9.19. The van der Waals surface area contributed by atoms with Crippen LogP contribution in [0.5, 0.6) is 0 Å². The Hall–Kier alpha value is -0.860. The van der Waals surface area contributed by atoms with E-state index in [-0.39, 0.29) is 6.04 Å². The second kappa shape index (κ2) is 5.13. The van der Waals surface area contributed by atoms with Crippen LogP contribution in [0.3, 0.4) is 0 Å². The highest BCUT2D eigenvalue weighted by atomic mass is 14.9. The second-order valence-electron chi connectivity index (χ2n) is 4.02. The number of hydrogen-bond acceptors (Lipinski definition) is 2. The van der Waals surface area contributed by atoms with Gasteiger partial charge in [-0.3, -0.25) is 0 Å². The van der Waals surface area contributed by atoms with Gasteiger partial charge < -0.3 is 11.1 Å². The molecular weight excluding hydrogens is 172 g/mol. The van der Waals surface area contributed by atoms with Crippen molar-refractivity contribution < 1.29 is 0 Å². The summed E-state index contributed by atoms with van der Waals surface area (Å²) in [5, 5.41) is 3.39. The number of nitrogens with two attached hydrogens (primary N) is 1. The Morgan fingerprint density at radius 1 is 1.21 bits per heavy atom. The molecule has 0 radical (unpaired) electrons. The molecule has 0 aliphatic carbocycles. The van der Waals surface area contributed by atoms with Gasteiger partial charge in [0.2, 0.25) is 0 Å².